The van der Waals surface area contributed by atoms with Crippen molar-refractivity contribution in [1.29, 1.82) is 0 Å². The van der Waals surface area contributed by atoms with Crippen molar-refractivity contribution in [3.63, 3.8) is 0 Å². The lowest BCUT2D eigenvalue weighted by Gasteiger charge is -2.17. The number of hydrogen-bond acceptors (Lipinski definition) is 6. The van der Waals surface area contributed by atoms with Gasteiger partial charge in [0, 0.05) is 29.1 Å². The molecule has 7 heteroatoms. The summed E-state index contributed by atoms with van der Waals surface area (Å²) in [7, 11) is 0. The SMILES string of the molecule is CCN(CC)CCCc1ncc2c(n1)c(Nc1ccccc1)nc1cc(C(=O)O)ccc12. The summed E-state index contributed by atoms with van der Waals surface area (Å²) in [4.78, 5) is 28.0. The second-order valence-corrected chi connectivity index (χ2v) is 7.67. The van der Waals surface area contributed by atoms with Gasteiger partial charge < -0.3 is 15.3 Å². The van der Waals surface area contributed by atoms with Crippen molar-refractivity contribution in [3.8, 4) is 0 Å². The van der Waals surface area contributed by atoms with Crippen LogP contribution in [0.4, 0.5) is 11.5 Å². The third-order valence-electron chi connectivity index (χ3n) is 5.64. The fourth-order valence-electron chi connectivity index (χ4n) is 3.82. The normalized spacial score (nSPS) is 11.3. The molecular weight excluding hydrogens is 402 g/mol. The van der Waals surface area contributed by atoms with Crippen molar-refractivity contribution >= 4 is 39.3 Å². The van der Waals surface area contributed by atoms with E-state index in [4.69, 9.17) is 9.97 Å². The molecule has 0 fully saturated rings. The van der Waals surface area contributed by atoms with Crippen molar-refractivity contribution in [2.75, 3.05) is 25.0 Å². The molecule has 0 atom stereocenters. The molecule has 0 bridgehead atoms. The molecule has 0 radical (unpaired) electrons. The number of fused-ring (bicyclic) bond motifs is 3. The molecule has 0 aliphatic rings. The highest BCUT2D eigenvalue weighted by molar-refractivity contribution is 6.09. The first kappa shape index (κ1) is 21.6. The van der Waals surface area contributed by atoms with Crippen LogP contribution in [-0.2, 0) is 6.42 Å². The van der Waals surface area contributed by atoms with Crippen molar-refractivity contribution < 1.29 is 9.90 Å². The summed E-state index contributed by atoms with van der Waals surface area (Å²) < 4.78 is 0. The van der Waals surface area contributed by atoms with Gasteiger partial charge in [0.05, 0.1) is 11.1 Å². The summed E-state index contributed by atoms with van der Waals surface area (Å²) in [5, 5.41) is 14.4. The molecule has 4 rings (SSSR count). The van der Waals surface area contributed by atoms with Gasteiger partial charge in [0.2, 0.25) is 0 Å². The molecule has 2 aromatic heterocycles. The quantitative estimate of drug-likeness (QED) is 0.366. The molecule has 2 aromatic carbocycles. The number of aromatic carboxylic acids is 1. The Morgan fingerprint density at radius 1 is 1.03 bits per heavy atom. The lowest BCUT2D eigenvalue weighted by atomic mass is 10.1. The molecule has 164 valence electrons. The number of carboxylic acids is 1. The molecule has 0 saturated carbocycles. The Balaban J connectivity index is 1.76. The van der Waals surface area contributed by atoms with Crippen molar-refractivity contribution in [1.82, 2.24) is 19.9 Å². The van der Waals surface area contributed by atoms with Crippen LogP contribution < -0.4 is 5.32 Å². The lowest BCUT2D eigenvalue weighted by molar-refractivity contribution is 0.0697. The Morgan fingerprint density at radius 2 is 1.81 bits per heavy atom. The van der Waals surface area contributed by atoms with Crippen LogP contribution >= 0.6 is 0 Å². The molecule has 0 unspecified atom stereocenters. The first-order valence-electron chi connectivity index (χ1n) is 11.0. The van der Waals surface area contributed by atoms with Crippen LogP contribution in [0.15, 0.2) is 54.7 Å². The smallest absolute Gasteiger partial charge is 0.335 e. The van der Waals surface area contributed by atoms with Gasteiger partial charge in [0.15, 0.2) is 5.82 Å². The number of carboxylic acid groups (broad SMARTS) is 1. The van der Waals surface area contributed by atoms with Gasteiger partial charge in [0.25, 0.3) is 0 Å². The van der Waals surface area contributed by atoms with Gasteiger partial charge in [0.1, 0.15) is 11.3 Å². The maximum Gasteiger partial charge on any atom is 0.335 e. The van der Waals surface area contributed by atoms with Gasteiger partial charge in [-0.2, -0.15) is 0 Å². The van der Waals surface area contributed by atoms with Crippen LogP contribution in [0.3, 0.4) is 0 Å². The fourth-order valence-corrected chi connectivity index (χ4v) is 3.82. The van der Waals surface area contributed by atoms with E-state index in [9.17, 15) is 9.90 Å². The highest BCUT2D eigenvalue weighted by Gasteiger charge is 2.14. The summed E-state index contributed by atoms with van der Waals surface area (Å²) >= 11 is 0. The summed E-state index contributed by atoms with van der Waals surface area (Å²) in [6, 6.07) is 14.7. The third kappa shape index (κ3) is 4.68. The maximum atomic E-state index is 11.4. The number of hydrogen-bond donors (Lipinski definition) is 2. The van der Waals surface area contributed by atoms with Gasteiger partial charge in [-0.05, 0) is 50.3 Å². The number of nitrogens with one attached hydrogen (secondary N) is 1. The average Bonchev–Trinajstić information content (AvgIpc) is 2.82. The number of aromatic nitrogens is 3. The van der Waals surface area contributed by atoms with Crippen molar-refractivity contribution in [2.24, 2.45) is 0 Å². The van der Waals surface area contributed by atoms with E-state index in [0.29, 0.717) is 11.3 Å². The van der Waals surface area contributed by atoms with E-state index in [2.05, 4.69) is 29.0 Å². The van der Waals surface area contributed by atoms with Crippen LogP contribution in [-0.4, -0.2) is 50.6 Å². The zero-order chi connectivity index (χ0) is 22.5. The molecule has 0 saturated heterocycles. The minimum absolute atomic E-state index is 0.198. The number of rotatable bonds is 9. The number of aryl methyl sites for hydroxylation is 1. The molecule has 2 N–H and O–H groups in total. The van der Waals surface area contributed by atoms with Gasteiger partial charge in [-0.25, -0.2) is 19.7 Å². The van der Waals surface area contributed by atoms with E-state index in [1.54, 1.807) is 18.2 Å². The number of carbonyl (C=O) groups is 1. The first-order valence-corrected chi connectivity index (χ1v) is 11.0. The zero-order valence-corrected chi connectivity index (χ0v) is 18.4. The summed E-state index contributed by atoms with van der Waals surface area (Å²) in [5.74, 6) is 0.392. The third-order valence-corrected chi connectivity index (χ3v) is 5.64. The average molecular weight is 430 g/mol. The fraction of sp³-hybridized carbons (Fsp3) is 0.280. The van der Waals surface area contributed by atoms with Crippen LogP contribution in [0.5, 0.6) is 0 Å². The molecule has 0 aliphatic heterocycles. The largest absolute Gasteiger partial charge is 0.478 e. The standard InChI is InChI=1S/C25H27N5O2/c1-3-30(4-2)14-8-11-22-26-16-20-19-13-12-17(25(31)32)15-21(19)28-24(23(20)29-22)27-18-9-6-5-7-10-18/h5-7,9-10,12-13,15-16H,3-4,8,11,14H2,1-2H3,(H,27,28)(H,31,32). The monoisotopic (exact) mass is 429 g/mol. The summed E-state index contributed by atoms with van der Waals surface area (Å²) in [5.41, 5.74) is 2.41. The number of pyridine rings is 1. The van der Waals surface area contributed by atoms with Crippen LogP contribution in [0, 0.1) is 0 Å². The van der Waals surface area contributed by atoms with Gasteiger partial charge in [-0.1, -0.05) is 38.1 Å². The highest BCUT2D eigenvalue weighted by Crippen LogP contribution is 2.30. The molecule has 0 spiro atoms. The maximum absolute atomic E-state index is 11.4. The second-order valence-electron chi connectivity index (χ2n) is 7.67. The number of para-hydroxylation sites is 1. The minimum atomic E-state index is -0.980. The predicted molar refractivity (Wildman–Crippen MR) is 128 cm³/mol. The number of benzene rings is 2. The topological polar surface area (TPSA) is 91.2 Å². The Kier molecular flexibility index (Phi) is 6.56. The number of anilines is 2. The Labute approximate surface area is 187 Å². The molecular formula is C25H27N5O2. The zero-order valence-electron chi connectivity index (χ0n) is 18.4. The molecule has 4 aromatic rings. The number of nitrogens with zero attached hydrogens (tertiary/aromatic N) is 4. The first-order chi connectivity index (χ1) is 15.6. The molecule has 32 heavy (non-hydrogen) atoms. The Bertz CT molecular complexity index is 1240. The van der Waals surface area contributed by atoms with E-state index >= 15 is 0 Å². The van der Waals surface area contributed by atoms with E-state index < -0.39 is 5.97 Å². The molecule has 0 aliphatic carbocycles. The molecule has 0 amide bonds. The Hall–Kier alpha value is -3.58. The van der Waals surface area contributed by atoms with Crippen LogP contribution in [0.2, 0.25) is 0 Å². The summed E-state index contributed by atoms with van der Waals surface area (Å²) in [6.45, 7) is 7.43. The summed E-state index contributed by atoms with van der Waals surface area (Å²) in [6.07, 6.45) is 3.60. The lowest BCUT2D eigenvalue weighted by Crippen LogP contribution is -2.24. The molecule has 7 nitrogen and oxygen atoms in total. The van der Waals surface area contributed by atoms with E-state index in [1.165, 1.54) is 0 Å². The van der Waals surface area contributed by atoms with Crippen LogP contribution in [0.1, 0.15) is 36.5 Å². The Morgan fingerprint density at radius 3 is 2.53 bits per heavy atom. The molecule has 2 heterocycles. The minimum Gasteiger partial charge on any atom is -0.478 e. The highest BCUT2D eigenvalue weighted by atomic mass is 16.4. The van der Waals surface area contributed by atoms with E-state index in [-0.39, 0.29) is 5.56 Å². The van der Waals surface area contributed by atoms with Crippen molar-refractivity contribution in [2.45, 2.75) is 26.7 Å². The van der Waals surface area contributed by atoms with E-state index in [1.807, 2.05) is 36.5 Å². The second kappa shape index (κ2) is 9.70. The van der Waals surface area contributed by atoms with Crippen LogP contribution in [0.25, 0.3) is 21.8 Å². The van der Waals surface area contributed by atoms with Gasteiger partial charge in [-0.15, -0.1) is 0 Å². The predicted octanol–water partition coefficient (Wildman–Crippen LogP) is 4.89. The van der Waals surface area contributed by atoms with Gasteiger partial charge >= 0.3 is 5.97 Å². The van der Waals surface area contributed by atoms with Gasteiger partial charge in [-0.3, -0.25) is 0 Å². The van der Waals surface area contributed by atoms with E-state index in [0.717, 1.165) is 60.3 Å². The van der Waals surface area contributed by atoms with Crippen molar-refractivity contribution in [3.05, 3.63) is 66.1 Å².